The van der Waals surface area contributed by atoms with E-state index in [0.717, 1.165) is 48.0 Å². The zero-order chi connectivity index (χ0) is 25.8. The maximum Gasteiger partial charge on any atom is 0.316 e. The van der Waals surface area contributed by atoms with Crippen molar-refractivity contribution in [2.75, 3.05) is 0 Å². The number of aldehydes is 1. The average molecular weight is 455 g/mol. The highest BCUT2D eigenvalue weighted by molar-refractivity contribution is 5.76. The van der Waals surface area contributed by atoms with Gasteiger partial charge in [-0.15, -0.1) is 0 Å². The van der Waals surface area contributed by atoms with E-state index in [-0.39, 0.29) is 17.8 Å². The fourth-order valence-electron chi connectivity index (χ4n) is 3.21. The van der Waals surface area contributed by atoms with Crippen LogP contribution in [0.4, 0.5) is 0 Å². The number of carbonyl (C=O) groups excluding carboxylic acids is 2. The van der Waals surface area contributed by atoms with Crippen LogP contribution in [0.3, 0.4) is 0 Å². The fourth-order valence-corrected chi connectivity index (χ4v) is 3.21. The highest BCUT2D eigenvalue weighted by atomic mass is 16.5. The molecular weight excluding hydrogens is 408 g/mol. The number of carbonyl (C=O) groups is 2. The number of esters is 1. The predicted octanol–water partition coefficient (Wildman–Crippen LogP) is 8.46. The van der Waals surface area contributed by atoms with Gasteiger partial charge in [-0.1, -0.05) is 50.8 Å². The zero-order valence-electron chi connectivity index (χ0n) is 22.7. The summed E-state index contributed by atoms with van der Waals surface area (Å²) in [4.78, 5) is 23.9. The van der Waals surface area contributed by atoms with Crippen molar-refractivity contribution in [1.82, 2.24) is 0 Å². The Hall–Kier alpha value is -2.42. The largest absolute Gasteiger partial charge is 0.430 e. The number of rotatable bonds is 12. The third kappa shape index (κ3) is 10.8. The molecule has 0 saturated heterocycles. The molecule has 0 spiro atoms. The van der Waals surface area contributed by atoms with Gasteiger partial charge in [0.1, 0.15) is 12.0 Å². The Labute approximate surface area is 203 Å². The van der Waals surface area contributed by atoms with Gasteiger partial charge in [-0.25, -0.2) is 0 Å². The van der Waals surface area contributed by atoms with Crippen LogP contribution in [0.2, 0.25) is 0 Å². The Balaban J connectivity index is 6.38. The Kier molecular flexibility index (Phi) is 13.6. The molecule has 0 aromatic carbocycles. The van der Waals surface area contributed by atoms with Crippen molar-refractivity contribution in [3.05, 3.63) is 70.6 Å². The Morgan fingerprint density at radius 2 is 1.58 bits per heavy atom. The average Bonchev–Trinajstić information content (AvgIpc) is 2.76. The number of hydrogen-bond donors (Lipinski definition) is 0. The predicted molar refractivity (Wildman–Crippen MR) is 142 cm³/mol. The Morgan fingerprint density at radius 1 is 0.970 bits per heavy atom. The summed E-state index contributed by atoms with van der Waals surface area (Å²) in [5, 5.41) is 0. The van der Waals surface area contributed by atoms with Crippen molar-refractivity contribution in [3.8, 4) is 0 Å². The number of hydrogen-bond acceptors (Lipinski definition) is 3. The summed E-state index contributed by atoms with van der Waals surface area (Å²) in [5.41, 5.74) is 4.98. The lowest BCUT2D eigenvalue weighted by Crippen LogP contribution is -2.25. The Bertz CT molecular complexity index is 838. The molecule has 0 radical (unpaired) electrons. The van der Waals surface area contributed by atoms with Crippen molar-refractivity contribution in [2.45, 2.75) is 88.5 Å². The molecule has 3 nitrogen and oxygen atoms in total. The van der Waals surface area contributed by atoms with Crippen molar-refractivity contribution >= 4 is 12.3 Å². The molecule has 0 aromatic heterocycles. The van der Waals surface area contributed by atoms with E-state index in [1.807, 2.05) is 46.8 Å². The van der Waals surface area contributed by atoms with Gasteiger partial charge in [0.15, 0.2) is 0 Å². The smallest absolute Gasteiger partial charge is 0.316 e. The first-order valence-corrected chi connectivity index (χ1v) is 12.0. The normalized spacial score (nSPS) is 16.7. The van der Waals surface area contributed by atoms with Gasteiger partial charge in [0, 0.05) is 11.8 Å². The first kappa shape index (κ1) is 30.6. The molecule has 0 bridgehead atoms. The third-order valence-electron chi connectivity index (χ3n) is 6.05. The van der Waals surface area contributed by atoms with Gasteiger partial charge in [-0.3, -0.25) is 4.79 Å². The molecule has 33 heavy (non-hydrogen) atoms. The van der Waals surface area contributed by atoms with Crippen LogP contribution in [0.1, 0.15) is 88.5 Å². The molecule has 0 amide bonds. The molecule has 0 heterocycles. The minimum atomic E-state index is -0.593. The third-order valence-corrected chi connectivity index (χ3v) is 6.05. The van der Waals surface area contributed by atoms with Gasteiger partial charge in [-0.05, 0) is 103 Å². The van der Waals surface area contributed by atoms with E-state index in [9.17, 15) is 9.59 Å². The van der Waals surface area contributed by atoms with Gasteiger partial charge in [0.25, 0.3) is 0 Å². The van der Waals surface area contributed by atoms with Crippen LogP contribution in [-0.2, 0) is 14.3 Å². The van der Waals surface area contributed by atoms with Crippen molar-refractivity contribution in [3.63, 3.8) is 0 Å². The fraction of sp³-hybridized carbons (Fsp3) is 0.533. The van der Waals surface area contributed by atoms with Gasteiger partial charge in [0.2, 0.25) is 0 Å². The second kappa shape index (κ2) is 14.7. The summed E-state index contributed by atoms with van der Waals surface area (Å²) in [6.07, 6.45) is 13.3. The molecule has 2 atom stereocenters. The van der Waals surface area contributed by atoms with Gasteiger partial charge < -0.3 is 9.53 Å². The highest BCUT2D eigenvalue weighted by Gasteiger charge is 2.28. The molecule has 0 aliphatic carbocycles. The van der Waals surface area contributed by atoms with Crippen molar-refractivity contribution in [2.24, 2.45) is 17.3 Å². The minimum Gasteiger partial charge on any atom is -0.430 e. The van der Waals surface area contributed by atoms with Crippen LogP contribution in [-0.4, -0.2) is 12.3 Å². The molecule has 2 unspecified atom stereocenters. The molecule has 3 heteroatoms. The van der Waals surface area contributed by atoms with Crippen LogP contribution in [0, 0.1) is 17.3 Å². The summed E-state index contributed by atoms with van der Waals surface area (Å²) in [6, 6.07) is 0. The molecule has 184 valence electrons. The number of ether oxygens (including phenoxy) is 1. The van der Waals surface area contributed by atoms with E-state index in [2.05, 4.69) is 53.3 Å². The van der Waals surface area contributed by atoms with E-state index >= 15 is 0 Å². The monoisotopic (exact) mass is 454 g/mol. The lowest BCUT2D eigenvalue weighted by molar-refractivity contribution is -0.149. The van der Waals surface area contributed by atoms with E-state index in [4.69, 9.17) is 4.74 Å². The summed E-state index contributed by atoms with van der Waals surface area (Å²) in [5.74, 6) is 0.577. The van der Waals surface area contributed by atoms with E-state index in [1.165, 1.54) is 11.1 Å². The van der Waals surface area contributed by atoms with Crippen LogP contribution in [0.15, 0.2) is 70.6 Å². The summed E-state index contributed by atoms with van der Waals surface area (Å²) in [6.45, 7) is 23.7. The van der Waals surface area contributed by atoms with E-state index < -0.39 is 5.41 Å². The second-order valence-electron chi connectivity index (χ2n) is 10.0. The molecule has 0 aliphatic rings. The lowest BCUT2D eigenvalue weighted by atomic mass is 9.88. The highest BCUT2D eigenvalue weighted by Crippen LogP contribution is 2.32. The lowest BCUT2D eigenvalue weighted by Gasteiger charge is -2.26. The second-order valence-corrected chi connectivity index (χ2v) is 10.0. The van der Waals surface area contributed by atoms with Crippen LogP contribution >= 0.6 is 0 Å². The zero-order valence-corrected chi connectivity index (χ0v) is 22.7. The van der Waals surface area contributed by atoms with Gasteiger partial charge in [-0.2, -0.15) is 0 Å². The maximum absolute atomic E-state index is 12.8. The van der Waals surface area contributed by atoms with Crippen molar-refractivity contribution in [1.29, 1.82) is 0 Å². The number of allylic oxidation sites excluding steroid dienone is 11. The first-order chi connectivity index (χ1) is 15.3. The van der Waals surface area contributed by atoms with Gasteiger partial charge in [0.05, 0.1) is 5.41 Å². The molecule has 0 rings (SSSR count). The molecule has 0 fully saturated rings. The standard InChI is InChI=1S/C30H46O3/c1-12-14-15-16-22(4)23(5)19-24(6)25(7)26(8)28(33-29(32)30(9,10)11)27(13-2)18-17-21(3)20-31/h12,14-16,19-21,27H,1,13,17-18H2,2-11H3/b15-14-,22-16+,23-19+,25-24+,28-26-. The first-order valence-electron chi connectivity index (χ1n) is 12.0. The summed E-state index contributed by atoms with van der Waals surface area (Å²) < 4.78 is 6.05. The molecule has 0 aliphatic heterocycles. The topological polar surface area (TPSA) is 43.4 Å². The van der Waals surface area contributed by atoms with E-state index in [0.29, 0.717) is 0 Å². The minimum absolute atomic E-state index is 0.00668. The van der Waals surface area contributed by atoms with Gasteiger partial charge >= 0.3 is 5.97 Å². The summed E-state index contributed by atoms with van der Waals surface area (Å²) in [7, 11) is 0. The molecule has 0 saturated carbocycles. The Morgan fingerprint density at radius 3 is 2.06 bits per heavy atom. The molecule has 0 N–H and O–H groups in total. The maximum atomic E-state index is 12.8. The summed E-state index contributed by atoms with van der Waals surface area (Å²) >= 11 is 0. The quantitative estimate of drug-likeness (QED) is 0.128. The molecule has 0 aromatic rings. The molecular formula is C30H46O3. The SMILES string of the molecule is C=C\C=C/C=C(C)/C(C)=C/C(C)=C(C)/C(C)=C(\OC(=O)C(C)(C)C)C(CC)CCC(C)C=O. The van der Waals surface area contributed by atoms with E-state index in [1.54, 1.807) is 6.08 Å². The van der Waals surface area contributed by atoms with Crippen molar-refractivity contribution < 1.29 is 14.3 Å². The van der Waals surface area contributed by atoms with Crippen LogP contribution < -0.4 is 0 Å². The van der Waals surface area contributed by atoms with Crippen LogP contribution in [0.5, 0.6) is 0 Å². The van der Waals surface area contributed by atoms with Crippen LogP contribution in [0.25, 0.3) is 0 Å².